The third-order valence-corrected chi connectivity index (χ3v) is 3.15. The van der Waals surface area contributed by atoms with Crippen LogP contribution in [0.4, 0.5) is 5.82 Å². The van der Waals surface area contributed by atoms with Gasteiger partial charge in [0.05, 0.1) is 12.1 Å². The Balaban J connectivity index is 1.88. The van der Waals surface area contributed by atoms with E-state index in [4.69, 9.17) is 9.52 Å². The number of anilines is 1. The van der Waals surface area contributed by atoms with Gasteiger partial charge in [0.2, 0.25) is 5.91 Å². The van der Waals surface area contributed by atoms with Crippen LogP contribution in [0.5, 0.6) is 0 Å². The number of fused-ring (bicyclic) bond motifs is 1. The molecule has 2 N–H and O–H groups in total. The first-order valence-corrected chi connectivity index (χ1v) is 6.61. The summed E-state index contributed by atoms with van der Waals surface area (Å²) in [6, 6.07) is 10.0. The number of benzene rings is 1. The van der Waals surface area contributed by atoms with Gasteiger partial charge in [-0.05, 0) is 29.8 Å². The van der Waals surface area contributed by atoms with Gasteiger partial charge in [0, 0.05) is 6.20 Å². The van der Waals surface area contributed by atoms with Crippen LogP contribution in [0.1, 0.15) is 5.56 Å². The molecule has 1 aromatic carbocycles. The van der Waals surface area contributed by atoms with Gasteiger partial charge in [-0.1, -0.05) is 12.1 Å². The molecule has 0 radical (unpaired) electrons. The van der Waals surface area contributed by atoms with Crippen LogP contribution in [0.25, 0.3) is 11.1 Å². The zero-order valence-electron chi connectivity index (χ0n) is 11.5. The minimum atomic E-state index is -0.624. The second kappa shape index (κ2) is 5.82. The SMILES string of the molecule is O=C(Cn1c(=O)oc2ccc(CO)cc21)Nc1ccccn1. The number of nitrogens with zero attached hydrogens (tertiary/aromatic N) is 2. The van der Waals surface area contributed by atoms with E-state index >= 15 is 0 Å². The van der Waals surface area contributed by atoms with E-state index in [1.807, 2.05) is 0 Å². The van der Waals surface area contributed by atoms with E-state index in [1.165, 1.54) is 4.57 Å². The molecule has 0 aliphatic rings. The molecule has 112 valence electrons. The molecule has 0 atom stereocenters. The monoisotopic (exact) mass is 299 g/mol. The predicted molar refractivity (Wildman–Crippen MR) is 79.3 cm³/mol. The molecule has 3 aromatic rings. The van der Waals surface area contributed by atoms with Gasteiger partial charge >= 0.3 is 5.76 Å². The molecular weight excluding hydrogens is 286 g/mol. The Morgan fingerprint density at radius 3 is 2.91 bits per heavy atom. The molecule has 0 fully saturated rings. The van der Waals surface area contributed by atoms with Crippen LogP contribution < -0.4 is 11.1 Å². The summed E-state index contributed by atoms with van der Waals surface area (Å²) in [7, 11) is 0. The average Bonchev–Trinajstić information content (AvgIpc) is 2.83. The molecule has 7 nitrogen and oxygen atoms in total. The molecule has 0 saturated heterocycles. The molecule has 0 aliphatic heterocycles. The summed E-state index contributed by atoms with van der Waals surface area (Å²) in [5.41, 5.74) is 1.47. The van der Waals surface area contributed by atoms with Crippen molar-refractivity contribution in [1.29, 1.82) is 0 Å². The minimum absolute atomic E-state index is 0.157. The van der Waals surface area contributed by atoms with Gasteiger partial charge in [-0.15, -0.1) is 0 Å². The number of carbonyl (C=O) groups is 1. The third kappa shape index (κ3) is 2.75. The van der Waals surface area contributed by atoms with Crippen LogP contribution in [-0.2, 0) is 17.9 Å². The maximum atomic E-state index is 12.0. The summed E-state index contributed by atoms with van der Waals surface area (Å²) < 4.78 is 6.29. The predicted octanol–water partition coefficient (Wildman–Crippen LogP) is 1.12. The lowest BCUT2D eigenvalue weighted by Gasteiger charge is -2.05. The molecule has 2 aromatic heterocycles. The molecule has 0 aliphatic carbocycles. The number of nitrogens with one attached hydrogen (secondary N) is 1. The lowest BCUT2D eigenvalue weighted by Crippen LogP contribution is -2.25. The van der Waals surface area contributed by atoms with E-state index in [2.05, 4.69) is 10.3 Å². The number of pyridine rings is 1. The molecule has 3 rings (SSSR count). The number of amides is 1. The summed E-state index contributed by atoms with van der Waals surface area (Å²) in [4.78, 5) is 27.9. The van der Waals surface area contributed by atoms with Crippen LogP contribution in [-0.4, -0.2) is 20.6 Å². The van der Waals surface area contributed by atoms with Crippen molar-refractivity contribution < 1.29 is 14.3 Å². The second-order valence-corrected chi connectivity index (χ2v) is 4.68. The lowest BCUT2D eigenvalue weighted by atomic mass is 10.2. The molecule has 0 saturated carbocycles. The maximum absolute atomic E-state index is 12.0. The fraction of sp³-hybridized carbons (Fsp3) is 0.133. The van der Waals surface area contributed by atoms with Crippen molar-refractivity contribution in [2.45, 2.75) is 13.2 Å². The summed E-state index contributed by atoms with van der Waals surface area (Å²) in [5, 5.41) is 11.8. The Morgan fingerprint density at radius 2 is 2.18 bits per heavy atom. The molecule has 1 amide bonds. The summed E-state index contributed by atoms with van der Waals surface area (Å²) >= 11 is 0. The van der Waals surface area contributed by atoms with Crippen molar-refractivity contribution in [2.24, 2.45) is 0 Å². The van der Waals surface area contributed by atoms with Crippen molar-refractivity contribution in [2.75, 3.05) is 5.32 Å². The molecule has 22 heavy (non-hydrogen) atoms. The molecule has 0 spiro atoms. The van der Waals surface area contributed by atoms with Gasteiger partial charge in [0.1, 0.15) is 12.4 Å². The van der Waals surface area contributed by atoms with Crippen molar-refractivity contribution in [3.05, 3.63) is 58.7 Å². The van der Waals surface area contributed by atoms with Crippen molar-refractivity contribution in [1.82, 2.24) is 9.55 Å². The van der Waals surface area contributed by atoms with Gasteiger partial charge in [-0.2, -0.15) is 0 Å². The number of hydrogen-bond donors (Lipinski definition) is 2. The number of aromatic nitrogens is 2. The van der Waals surface area contributed by atoms with Crippen LogP contribution in [0, 0.1) is 0 Å². The highest BCUT2D eigenvalue weighted by Gasteiger charge is 2.13. The van der Waals surface area contributed by atoms with E-state index in [0.717, 1.165) is 0 Å². The Bertz CT molecular complexity index is 867. The fourth-order valence-electron chi connectivity index (χ4n) is 2.12. The molecular formula is C15H13N3O4. The molecule has 0 unspecified atom stereocenters. The Hall–Kier alpha value is -2.93. The third-order valence-electron chi connectivity index (χ3n) is 3.15. The van der Waals surface area contributed by atoms with Crippen LogP contribution in [0.3, 0.4) is 0 Å². The lowest BCUT2D eigenvalue weighted by molar-refractivity contribution is -0.116. The first-order chi connectivity index (χ1) is 10.7. The van der Waals surface area contributed by atoms with E-state index in [9.17, 15) is 9.59 Å². The first kappa shape index (κ1) is 14.0. The van der Waals surface area contributed by atoms with E-state index in [-0.39, 0.29) is 13.2 Å². The molecule has 7 heteroatoms. The first-order valence-electron chi connectivity index (χ1n) is 6.61. The number of aliphatic hydroxyl groups is 1. The largest absolute Gasteiger partial charge is 0.420 e. The topological polar surface area (TPSA) is 97.4 Å². The second-order valence-electron chi connectivity index (χ2n) is 4.68. The van der Waals surface area contributed by atoms with Crippen molar-refractivity contribution in [3.8, 4) is 0 Å². The van der Waals surface area contributed by atoms with Gasteiger partial charge < -0.3 is 14.8 Å². The fourth-order valence-corrected chi connectivity index (χ4v) is 2.12. The summed E-state index contributed by atoms with van der Waals surface area (Å²) in [6.07, 6.45) is 1.56. The van der Waals surface area contributed by atoms with Crippen molar-refractivity contribution in [3.63, 3.8) is 0 Å². The van der Waals surface area contributed by atoms with E-state index < -0.39 is 11.7 Å². The summed E-state index contributed by atoms with van der Waals surface area (Å²) in [6.45, 7) is -0.354. The molecule has 2 heterocycles. The Morgan fingerprint density at radius 1 is 1.32 bits per heavy atom. The normalized spacial score (nSPS) is 10.8. The van der Waals surface area contributed by atoms with Gasteiger partial charge in [-0.25, -0.2) is 9.78 Å². The van der Waals surface area contributed by atoms with Crippen LogP contribution >= 0.6 is 0 Å². The number of rotatable bonds is 4. The average molecular weight is 299 g/mol. The number of carbonyl (C=O) groups excluding carboxylic acids is 1. The highest BCUT2D eigenvalue weighted by atomic mass is 16.4. The zero-order chi connectivity index (χ0) is 15.5. The quantitative estimate of drug-likeness (QED) is 0.752. The highest BCUT2D eigenvalue weighted by molar-refractivity contribution is 5.90. The summed E-state index contributed by atoms with van der Waals surface area (Å²) in [5.74, 6) is -0.608. The Labute approximate surface area is 124 Å². The Kier molecular flexibility index (Phi) is 3.71. The number of aliphatic hydroxyl groups excluding tert-OH is 1. The minimum Gasteiger partial charge on any atom is -0.408 e. The van der Waals surface area contributed by atoms with Gasteiger partial charge in [-0.3, -0.25) is 9.36 Å². The smallest absolute Gasteiger partial charge is 0.408 e. The van der Waals surface area contributed by atoms with E-state index in [0.29, 0.717) is 22.5 Å². The van der Waals surface area contributed by atoms with Crippen LogP contribution in [0.15, 0.2) is 51.8 Å². The standard InChI is InChI=1S/C15H13N3O4/c19-9-10-4-5-12-11(7-10)18(15(21)22-12)8-14(20)17-13-3-1-2-6-16-13/h1-7,19H,8-9H2,(H,16,17,20). The highest BCUT2D eigenvalue weighted by Crippen LogP contribution is 2.15. The zero-order valence-corrected chi connectivity index (χ0v) is 11.5. The van der Waals surface area contributed by atoms with Crippen molar-refractivity contribution >= 4 is 22.8 Å². The maximum Gasteiger partial charge on any atom is 0.420 e. The van der Waals surface area contributed by atoms with Crippen LogP contribution in [0.2, 0.25) is 0 Å². The van der Waals surface area contributed by atoms with Gasteiger partial charge in [0.15, 0.2) is 5.58 Å². The molecule has 0 bridgehead atoms. The number of oxazole rings is 1. The van der Waals surface area contributed by atoms with E-state index in [1.54, 1.807) is 42.6 Å². The number of hydrogen-bond acceptors (Lipinski definition) is 5. The van der Waals surface area contributed by atoms with Gasteiger partial charge in [0.25, 0.3) is 0 Å².